The van der Waals surface area contributed by atoms with Crippen LogP contribution in [-0.2, 0) is 26.5 Å². The summed E-state index contributed by atoms with van der Waals surface area (Å²) in [7, 11) is 0. The normalized spacial score (nSPS) is 11.6. The van der Waals surface area contributed by atoms with E-state index in [9.17, 15) is 0 Å². The summed E-state index contributed by atoms with van der Waals surface area (Å²) >= 11 is -1.86. The van der Waals surface area contributed by atoms with Gasteiger partial charge >= 0.3 is 126 Å². The van der Waals surface area contributed by atoms with E-state index in [-0.39, 0.29) is 20.1 Å². The molecule has 0 saturated heterocycles. The maximum absolute atomic E-state index is 6.25. The minimum atomic E-state index is -1.86. The number of fused-ring (bicyclic) bond motifs is 4. The van der Waals surface area contributed by atoms with Crippen molar-refractivity contribution in [1.29, 1.82) is 0 Å². The van der Waals surface area contributed by atoms with Crippen LogP contribution in [0.1, 0.15) is 41.8 Å². The number of hydrogen-bond acceptors (Lipinski definition) is 5. The number of pyridine rings is 3. The second-order valence-electron chi connectivity index (χ2n) is 15.3. The van der Waals surface area contributed by atoms with E-state index >= 15 is 0 Å². The summed E-state index contributed by atoms with van der Waals surface area (Å²) in [5.41, 5.74) is 13.3. The van der Waals surface area contributed by atoms with Gasteiger partial charge in [-0.2, -0.15) is 0 Å². The molecular weight excluding hydrogens is 891 g/mol. The van der Waals surface area contributed by atoms with Gasteiger partial charge in [0.25, 0.3) is 0 Å². The Morgan fingerprint density at radius 2 is 1.57 bits per heavy atom. The van der Waals surface area contributed by atoms with Gasteiger partial charge in [-0.3, -0.25) is 4.98 Å². The summed E-state index contributed by atoms with van der Waals surface area (Å²) in [5, 5.41) is 1.86. The maximum atomic E-state index is 6.25. The standard InChI is InChI=1S/C27H21N4O.C18H24GeN.Ir/c1-15-11-16(2)24(17(3)12-15)31-23-8-6-5-7-22(23)30-26(31)21-14-28-13-20-19-10-9-18(4)29-27(19)32-25(20)21;1-14(2)11-16-12-18(15-9-7-6-8-10-15)20-13-17(16)19(3,4)5;/h5-13H,1-4H3;6-9,12-14H,11H2,1-5H3;/q2*-1;. The molecule has 0 amide bonds. The second kappa shape index (κ2) is 15.5. The molecule has 0 bridgehead atoms. The summed E-state index contributed by atoms with van der Waals surface area (Å²) < 4.78 is 10.00. The van der Waals surface area contributed by atoms with Crippen molar-refractivity contribution in [2.24, 2.45) is 5.92 Å². The van der Waals surface area contributed by atoms with E-state index in [0.29, 0.717) is 17.2 Å². The van der Waals surface area contributed by atoms with E-state index in [0.717, 1.165) is 62.3 Å². The molecule has 0 aliphatic heterocycles. The van der Waals surface area contributed by atoms with Gasteiger partial charge in [-0.05, 0) is 86.4 Å². The van der Waals surface area contributed by atoms with E-state index in [2.05, 4.69) is 115 Å². The first-order chi connectivity index (χ1) is 24.9. The molecule has 0 saturated carbocycles. The molecule has 5 aromatic heterocycles. The van der Waals surface area contributed by atoms with E-state index in [4.69, 9.17) is 14.4 Å². The summed E-state index contributed by atoms with van der Waals surface area (Å²) in [6.07, 6.45) is 8.23. The van der Waals surface area contributed by atoms with Crippen molar-refractivity contribution < 1.29 is 24.5 Å². The predicted molar refractivity (Wildman–Crippen MR) is 217 cm³/mol. The fourth-order valence-electron chi connectivity index (χ4n) is 7.19. The third-order valence-electron chi connectivity index (χ3n) is 9.38. The Bertz CT molecular complexity index is 2540. The van der Waals surface area contributed by atoms with Crippen LogP contribution in [0.25, 0.3) is 61.4 Å². The molecule has 8 rings (SSSR count). The van der Waals surface area contributed by atoms with Crippen LogP contribution in [0.4, 0.5) is 0 Å². The van der Waals surface area contributed by atoms with Gasteiger partial charge in [0.2, 0.25) is 5.71 Å². The zero-order valence-corrected chi connectivity index (χ0v) is 36.4. The van der Waals surface area contributed by atoms with Crippen molar-refractivity contribution in [3.63, 3.8) is 0 Å². The second-order valence-corrected chi connectivity index (χ2v) is 25.8. The molecule has 0 aliphatic rings. The van der Waals surface area contributed by atoms with Crippen molar-refractivity contribution in [3.8, 4) is 28.3 Å². The monoisotopic (exact) mass is 938 g/mol. The fraction of sp³-hybridized carbons (Fsp3) is 0.244. The molecule has 8 heteroatoms. The summed E-state index contributed by atoms with van der Waals surface area (Å²) in [6, 6.07) is 30.3. The van der Waals surface area contributed by atoms with Gasteiger partial charge in [-0.25, -0.2) is 4.98 Å². The molecule has 0 spiro atoms. The molecule has 0 N–H and O–H groups in total. The van der Waals surface area contributed by atoms with Crippen molar-refractivity contribution in [2.75, 3.05) is 0 Å². The van der Waals surface area contributed by atoms with Crippen LogP contribution < -0.4 is 4.40 Å². The Hall–Kier alpha value is -4.43. The molecule has 271 valence electrons. The van der Waals surface area contributed by atoms with Crippen molar-refractivity contribution in [1.82, 2.24) is 24.5 Å². The molecule has 53 heavy (non-hydrogen) atoms. The number of rotatable bonds is 6. The predicted octanol–water partition coefficient (Wildman–Crippen LogP) is 10.7. The summed E-state index contributed by atoms with van der Waals surface area (Å²) in [6.45, 7) is 12.9. The Balaban J connectivity index is 0.000000199. The first-order valence-corrected chi connectivity index (χ1v) is 25.3. The number of hydrogen-bond donors (Lipinski definition) is 0. The number of benzene rings is 3. The SMILES string of the molecule is CC(C)Cc1cc(-c2[c-]cccc2)nc[c]1[Ge]([CH3])([CH3])[CH3].Cc1cc(C)c(-n2c(-c3[c-]ncc4c3oc3nc(C)ccc34)nc3ccccc32)c(C)c1.[Ir]. The summed E-state index contributed by atoms with van der Waals surface area (Å²) in [5.74, 6) is 8.75. The molecule has 1 radical (unpaired) electrons. The zero-order valence-electron chi connectivity index (χ0n) is 31.9. The Labute approximate surface area is 328 Å². The number of furan rings is 1. The molecular formula is C45H45GeIrN5O-2. The Kier molecular flexibility index (Phi) is 11.2. The van der Waals surface area contributed by atoms with Gasteiger partial charge < -0.3 is 14.0 Å². The van der Waals surface area contributed by atoms with Gasteiger partial charge in [0.05, 0.1) is 22.4 Å². The maximum Gasteiger partial charge on any atom is 0.216 e. The Morgan fingerprint density at radius 1 is 0.830 bits per heavy atom. The largest absolute Gasteiger partial charge is 0.486 e. The van der Waals surface area contributed by atoms with Gasteiger partial charge in [0.1, 0.15) is 0 Å². The molecule has 8 aromatic rings. The molecule has 5 heterocycles. The zero-order chi connectivity index (χ0) is 36.7. The fourth-order valence-corrected chi connectivity index (χ4v) is 10.5. The average Bonchev–Trinajstić information content (AvgIpc) is 3.66. The smallest absolute Gasteiger partial charge is 0.216 e. The number of imidazole rings is 1. The average molecular weight is 937 g/mol. The third kappa shape index (κ3) is 7.80. The topological polar surface area (TPSA) is 69.6 Å². The van der Waals surface area contributed by atoms with Crippen molar-refractivity contribution >= 4 is 50.8 Å². The first kappa shape index (κ1) is 38.3. The van der Waals surface area contributed by atoms with E-state index < -0.39 is 13.3 Å². The molecule has 0 aliphatic carbocycles. The van der Waals surface area contributed by atoms with Crippen molar-refractivity contribution in [2.45, 2.75) is 65.2 Å². The Morgan fingerprint density at radius 3 is 2.26 bits per heavy atom. The number of nitrogens with zero attached hydrogens (tertiary/aromatic N) is 5. The number of para-hydroxylation sites is 2. The van der Waals surface area contributed by atoms with Crippen LogP contribution >= 0.6 is 0 Å². The van der Waals surface area contributed by atoms with Gasteiger partial charge in [0, 0.05) is 36.9 Å². The minimum absolute atomic E-state index is 0. The quantitative estimate of drug-likeness (QED) is 0.123. The number of aromatic nitrogens is 5. The molecule has 6 nitrogen and oxygen atoms in total. The van der Waals surface area contributed by atoms with Crippen molar-refractivity contribution in [3.05, 3.63) is 131 Å². The van der Waals surface area contributed by atoms with E-state index in [1.54, 1.807) is 10.6 Å². The van der Waals surface area contributed by atoms with Crippen LogP contribution in [0, 0.1) is 45.9 Å². The molecule has 0 fully saturated rings. The van der Waals surface area contributed by atoms with Crippen LogP contribution in [0.5, 0.6) is 0 Å². The van der Waals surface area contributed by atoms with E-state index in [1.807, 2.05) is 55.5 Å². The van der Waals surface area contributed by atoms with Crippen LogP contribution in [0.15, 0.2) is 95.7 Å². The summed E-state index contributed by atoms with van der Waals surface area (Å²) in [4.78, 5) is 18.7. The van der Waals surface area contributed by atoms with Gasteiger partial charge in [0.15, 0.2) is 0 Å². The van der Waals surface area contributed by atoms with Gasteiger partial charge in [-0.15, -0.1) is 0 Å². The van der Waals surface area contributed by atoms with Crippen LogP contribution in [0.2, 0.25) is 17.3 Å². The van der Waals surface area contributed by atoms with E-state index in [1.165, 1.54) is 22.3 Å². The number of aryl methyl sites for hydroxylation is 4. The minimum Gasteiger partial charge on any atom is -0.486 e. The molecule has 3 aromatic carbocycles. The molecule has 0 atom stereocenters. The van der Waals surface area contributed by atoms with Crippen LogP contribution in [-0.4, -0.2) is 37.8 Å². The first-order valence-electron chi connectivity index (χ1n) is 18.0. The molecule has 0 unspecified atom stereocenters. The van der Waals surface area contributed by atoms with Crippen LogP contribution in [0.3, 0.4) is 0 Å². The third-order valence-corrected chi connectivity index (χ3v) is 13.7. The van der Waals surface area contributed by atoms with Gasteiger partial charge in [-0.1, -0.05) is 29.8 Å².